The van der Waals surface area contributed by atoms with Crippen molar-refractivity contribution in [3.05, 3.63) is 27.7 Å². The Balaban J connectivity index is 1.99. The van der Waals surface area contributed by atoms with Gasteiger partial charge in [0.2, 0.25) is 5.91 Å². The first-order chi connectivity index (χ1) is 8.70. The van der Waals surface area contributed by atoms with E-state index in [-0.39, 0.29) is 5.91 Å². The summed E-state index contributed by atoms with van der Waals surface area (Å²) < 4.78 is 6.64. The van der Waals surface area contributed by atoms with Gasteiger partial charge in [-0.1, -0.05) is 22.9 Å². The summed E-state index contributed by atoms with van der Waals surface area (Å²) in [6.07, 6.45) is 0.938. The molecule has 98 valence electrons. The Labute approximate surface area is 115 Å². The Morgan fingerprint density at radius 3 is 3.11 bits per heavy atom. The molecule has 0 fully saturated rings. The van der Waals surface area contributed by atoms with Crippen molar-refractivity contribution in [2.75, 3.05) is 19.7 Å². The van der Waals surface area contributed by atoms with Crippen LogP contribution in [0.1, 0.15) is 18.1 Å². The first-order valence-corrected chi connectivity index (χ1v) is 6.91. The van der Waals surface area contributed by atoms with Crippen molar-refractivity contribution in [3.8, 4) is 5.75 Å². The first kappa shape index (κ1) is 13.4. The van der Waals surface area contributed by atoms with Crippen LogP contribution in [0.3, 0.4) is 0 Å². The van der Waals surface area contributed by atoms with Gasteiger partial charge in [0.25, 0.3) is 0 Å². The van der Waals surface area contributed by atoms with Crippen molar-refractivity contribution in [1.29, 1.82) is 0 Å². The Hall–Kier alpha value is -1.07. The van der Waals surface area contributed by atoms with Gasteiger partial charge in [-0.3, -0.25) is 4.79 Å². The molecule has 0 atom stereocenters. The number of benzene rings is 1. The van der Waals surface area contributed by atoms with E-state index < -0.39 is 0 Å². The number of ether oxygens (including phenoxy) is 1. The summed E-state index contributed by atoms with van der Waals surface area (Å²) >= 11 is 3.48. The monoisotopic (exact) mass is 312 g/mol. The number of hydrogen-bond acceptors (Lipinski definition) is 3. The summed E-state index contributed by atoms with van der Waals surface area (Å²) in [6, 6.07) is 4.07. The van der Waals surface area contributed by atoms with Crippen LogP contribution >= 0.6 is 15.9 Å². The zero-order valence-electron chi connectivity index (χ0n) is 10.4. The van der Waals surface area contributed by atoms with Crippen LogP contribution in [0.15, 0.2) is 16.6 Å². The third-order valence-corrected chi connectivity index (χ3v) is 3.29. The summed E-state index contributed by atoms with van der Waals surface area (Å²) in [5.41, 5.74) is 2.24. The number of likely N-dealkylation sites (N-methyl/N-ethyl adjacent to an activating group) is 1. The van der Waals surface area contributed by atoms with Crippen molar-refractivity contribution in [1.82, 2.24) is 10.6 Å². The summed E-state index contributed by atoms with van der Waals surface area (Å²) in [4.78, 5) is 11.5. The number of hydrogen-bond donors (Lipinski definition) is 2. The average Bonchev–Trinajstić information content (AvgIpc) is 2.81. The minimum Gasteiger partial charge on any atom is -0.493 e. The highest BCUT2D eigenvalue weighted by molar-refractivity contribution is 9.10. The van der Waals surface area contributed by atoms with Gasteiger partial charge in [-0.25, -0.2) is 0 Å². The molecule has 0 saturated heterocycles. The SMILES string of the molecule is CCNCC(=O)NCc1cc(Br)cc2c1OCC2. The van der Waals surface area contributed by atoms with Gasteiger partial charge < -0.3 is 15.4 Å². The molecule has 1 amide bonds. The highest BCUT2D eigenvalue weighted by Crippen LogP contribution is 2.32. The second-order valence-corrected chi connectivity index (χ2v) is 5.12. The Kier molecular flexibility index (Phi) is 4.60. The second kappa shape index (κ2) is 6.20. The van der Waals surface area contributed by atoms with Crippen molar-refractivity contribution in [3.63, 3.8) is 0 Å². The Morgan fingerprint density at radius 2 is 2.33 bits per heavy atom. The molecule has 2 rings (SSSR count). The van der Waals surface area contributed by atoms with Gasteiger partial charge in [0.15, 0.2) is 0 Å². The second-order valence-electron chi connectivity index (χ2n) is 4.21. The molecule has 0 aliphatic carbocycles. The largest absolute Gasteiger partial charge is 0.493 e. The summed E-state index contributed by atoms with van der Waals surface area (Å²) in [5.74, 6) is 0.936. The van der Waals surface area contributed by atoms with Crippen LogP contribution in [0.2, 0.25) is 0 Å². The maximum absolute atomic E-state index is 11.5. The van der Waals surface area contributed by atoms with Gasteiger partial charge in [-0.15, -0.1) is 0 Å². The summed E-state index contributed by atoms with van der Waals surface area (Å²) in [6.45, 7) is 4.36. The molecular weight excluding hydrogens is 296 g/mol. The molecule has 18 heavy (non-hydrogen) atoms. The summed E-state index contributed by atoms with van der Waals surface area (Å²) in [5, 5.41) is 5.88. The van der Waals surface area contributed by atoms with Crippen molar-refractivity contribution in [2.24, 2.45) is 0 Å². The van der Waals surface area contributed by atoms with Gasteiger partial charge in [-0.05, 0) is 24.2 Å². The smallest absolute Gasteiger partial charge is 0.234 e. The molecule has 0 unspecified atom stereocenters. The number of carbonyl (C=O) groups is 1. The van der Waals surface area contributed by atoms with Gasteiger partial charge >= 0.3 is 0 Å². The fraction of sp³-hybridized carbons (Fsp3) is 0.462. The van der Waals surface area contributed by atoms with Gasteiger partial charge in [0, 0.05) is 23.0 Å². The minimum absolute atomic E-state index is 0.00331. The van der Waals surface area contributed by atoms with E-state index in [1.165, 1.54) is 5.56 Å². The van der Waals surface area contributed by atoms with E-state index in [1.807, 2.05) is 13.0 Å². The molecule has 1 heterocycles. The lowest BCUT2D eigenvalue weighted by atomic mass is 10.1. The molecule has 2 N–H and O–H groups in total. The third-order valence-electron chi connectivity index (χ3n) is 2.84. The number of rotatable bonds is 5. The standard InChI is InChI=1S/C13H17BrN2O2/c1-2-15-8-12(17)16-7-10-6-11(14)5-9-3-4-18-13(9)10/h5-6,15H,2-4,7-8H2,1H3,(H,16,17). The molecule has 0 radical (unpaired) electrons. The topological polar surface area (TPSA) is 50.4 Å². The molecule has 1 aliphatic rings. The number of nitrogens with one attached hydrogen (secondary N) is 2. The van der Waals surface area contributed by atoms with E-state index in [1.54, 1.807) is 0 Å². The molecule has 1 aliphatic heterocycles. The van der Waals surface area contributed by atoms with Crippen molar-refractivity contribution < 1.29 is 9.53 Å². The minimum atomic E-state index is 0.00331. The van der Waals surface area contributed by atoms with Gasteiger partial charge in [0.05, 0.1) is 13.2 Å². The lowest BCUT2D eigenvalue weighted by Gasteiger charge is -2.10. The van der Waals surface area contributed by atoms with E-state index in [4.69, 9.17) is 4.74 Å². The molecule has 0 saturated carbocycles. The van der Waals surface area contributed by atoms with Crippen LogP contribution < -0.4 is 15.4 Å². The normalized spacial score (nSPS) is 13.0. The van der Waals surface area contributed by atoms with Crippen LogP contribution in [0.25, 0.3) is 0 Å². The van der Waals surface area contributed by atoms with E-state index in [9.17, 15) is 4.79 Å². The molecule has 4 nitrogen and oxygen atoms in total. The maximum atomic E-state index is 11.5. The first-order valence-electron chi connectivity index (χ1n) is 6.12. The fourth-order valence-electron chi connectivity index (χ4n) is 1.97. The number of amides is 1. The quantitative estimate of drug-likeness (QED) is 0.868. The van der Waals surface area contributed by atoms with E-state index in [2.05, 4.69) is 32.6 Å². The lowest BCUT2D eigenvalue weighted by molar-refractivity contribution is -0.120. The van der Waals surface area contributed by atoms with Crippen LogP contribution in [0.4, 0.5) is 0 Å². The molecule has 1 aromatic rings. The molecule has 0 bridgehead atoms. The van der Waals surface area contributed by atoms with Crippen LogP contribution in [-0.4, -0.2) is 25.6 Å². The lowest BCUT2D eigenvalue weighted by Crippen LogP contribution is -2.33. The molecule has 0 spiro atoms. The fourth-order valence-corrected chi connectivity index (χ4v) is 2.52. The number of carbonyl (C=O) groups excluding carboxylic acids is 1. The molecule has 0 aromatic heterocycles. The zero-order chi connectivity index (χ0) is 13.0. The predicted octanol–water partition coefficient (Wildman–Crippen LogP) is 1.61. The number of fused-ring (bicyclic) bond motifs is 1. The molecule has 1 aromatic carbocycles. The predicted molar refractivity (Wildman–Crippen MR) is 73.7 cm³/mol. The highest BCUT2D eigenvalue weighted by Gasteiger charge is 2.17. The van der Waals surface area contributed by atoms with E-state index >= 15 is 0 Å². The molecule has 5 heteroatoms. The van der Waals surface area contributed by atoms with Crippen molar-refractivity contribution in [2.45, 2.75) is 19.9 Å². The number of halogens is 1. The average molecular weight is 313 g/mol. The van der Waals surface area contributed by atoms with Crippen LogP contribution in [0, 0.1) is 0 Å². The van der Waals surface area contributed by atoms with Crippen molar-refractivity contribution >= 4 is 21.8 Å². The zero-order valence-corrected chi connectivity index (χ0v) is 12.0. The maximum Gasteiger partial charge on any atom is 0.234 e. The van der Waals surface area contributed by atoms with E-state index in [0.29, 0.717) is 13.1 Å². The van der Waals surface area contributed by atoms with Crippen LogP contribution in [-0.2, 0) is 17.8 Å². The highest BCUT2D eigenvalue weighted by atomic mass is 79.9. The Morgan fingerprint density at radius 1 is 1.50 bits per heavy atom. The van der Waals surface area contributed by atoms with Gasteiger partial charge in [0.1, 0.15) is 5.75 Å². The molecular formula is C13H17BrN2O2. The van der Waals surface area contributed by atoms with Crippen LogP contribution in [0.5, 0.6) is 5.75 Å². The summed E-state index contributed by atoms with van der Waals surface area (Å²) in [7, 11) is 0. The van der Waals surface area contributed by atoms with E-state index in [0.717, 1.165) is 35.4 Å². The Bertz CT molecular complexity index is 449. The third kappa shape index (κ3) is 3.23. The van der Waals surface area contributed by atoms with Gasteiger partial charge in [-0.2, -0.15) is 0 Å².